The van der Waals surface area contributed by atoms with Crippen LogP contribution in [-0.2, 0) is 0 Å². The van der Waals surface area contributed by atoms with Crippen molar-refractivity contribution in [1.82, 2.24) is 9.97 Å². The summed E-state index contributed by atoms with van der Waals surface area (Å²) in [5, 5.41) is 3.28. The van der Waals surface area contributed by atoms with Crippen LogP contribution in [0.4, 0.5) is 5.82 Å². The zero-order chi connectivity index (χ0) is 14.7. The minimum atomic E-state index is 0.380. The number of hydrogen-bond donors (Lipinski definition) is 1. The molecule has 1 aromatic carbocycles. The highest BCUT2D eigenvalue weighted by Gasteiger charge is 2.11. The van der Waals surface area contributed by atoms with E-state index in [4.69, 9.17) is 4.98 Å². The summed E-state index contributed by atoms with van der Waals surface area (Å²) in [4.78, 5) is 9.34. The average Bonchev–Trinajstić information content (AvgIpc) is 2.38. The maximum atomic E-state index is 4.71. The van der Waals surface area contributed by atoms with E-state index in [1.165, 1.54) is 5.56 Å². The van der Waals surface area contributed by atoms with Gasteiger partial charge in [-0.1, -0.05) is 29.8 Å². The van der Waals surface area contributed by atoms with E-state index in [0.29, 0.717) is 5.92 Å². The summed E-state index contributed by atoms with van der Waals surface area (Å²) in [6.07, 6.45) is 0. The fourth-order valence-corrected chi connectivity index (χ4v) is 2.51. The lowest BCUT2D eigenvalue weighted by Gasteiger charge is -2.12. The molecule has 0 aliphatic rings. The van der Waals surface area contributed by atoms with Crippen molar-refractivity contribution in [2.75, 3.05) is 11.9 Å². The smallest absolute Gasteiger partial charge is 0.162 e. The van der Waals surface area contributed by atoms with E-state index < -0.39 is 0 Å². The van der Waals surface area contributed by atoms with Crippen LogP contribution < -0.4 is 5.32 Å². The molecule has 2 rings (SSSR count). The Bertz CT molecular complexity index is 609. The minimum absolute atomic E-state index is 0.380. The first-order valence-corrected chi connectivity index (χ1v) is 7.70. The van der Waals surface area contributed by atoms with Crippen molar-refractivity contribution in [3.63, 3.8) is 0 Å². The Labute approximate surface area is 129 Å². The molecule has 1 N–H and O–H groups in total. The first-order valence-electron chi connectivity index (χ1n) is 6.90. The monoisotopic (exact) mass is 333 g/mol. The molecule has 0 bridgehead atoms. The van der Waals surface area contributed by atoms with Gasteiger partial charge in [-0.05, 0) is 43.5 Å². The molecule has 0 unspecified atom stereocenters. The fraction of sp³-hybridized carbons (Fsp3) is 0.375. The predicted octanol–water partition coefficient (Wildman–Crippen LogP) is 4.77. The van der Waals surface area contributed by atoms with E-state index >= 15 is 0 Å². The third-order valence-corrected chi connectivity index (χ3v) is 3.62. The fourth-order valence-electron chi connectivity index (χ4n) is 2.03. The number of hydrogen-bond acceptors (Lipinski definition) is 3. The van der Waals surface area contributed by atoms with Gasteiger partial charge in [-0.25, -0.2) is 9.97 Å². The Morgan fingerprint density at radius 3 is 2.55 bits per heavy atom. The average molecular weight is 334 g/mol. The van der Waals surface area contributed by atoms with Crippen molar-refractivity contribution in [2.24, 2.45) is 0 Å². The number of rotatable bonds is 4. The molecule has 0 amide bonds. The second kappa shape index (κ2) is 6.35. The number of aryl methyl sites for hydroxylation is 1. The molecule has 1 heterocycles. The third-order valence-electron chi connectivity index (χ3n) is 3.12. The number of nitrogens with one attached hydrogen (secondary N) is 1. The van der Waals surface area contributed by atoms with E-state index in [1.807, 2.05) is 12.1 Å². The first kappa shape index (κ1) is 15.0. The van der Waals surface area contributed by atoms with Gasteiger partial charge in [-0.2, -0.15) is 0 Å². The Kier molecular flexibility index (Phi) is 4.76. The Balaban J connectivity index is 2.54. The molecular weight excluding hydrogens is 314 g/mol. The molecule has 0 radical (unpaired) electrons. The Morgan fingerprint density at radius 2 is 1.95 bits per heavy atom. The van der Waals surface area contributed by atoms with E-state index in [-0.39, 0.29) is 0 Å². The summed E-state index contributed by atoms with van der Waals surface area (Å²) in [5.74, 6) is 2.06. The number of benzene rings is 1. The molecule has 4 heteroatoms. The molecule has 2 aromatic rings. The largest absolute Gasteiger partial charge is 0.370 e. The van der Waals surface area contributed by atoms with Crippen LogP contribution in [0, 0.1) is 6.92 Å². The zero-order valence-electron chi connectivity index (χ0n) is 12.4. The van der Waals surface area contributed by atoms with Crippen molar-refractivity contribution < 1.29 is 0 Å². The molecule has 0 aliphatic heterocycles. The van der Waals surface area contributed by atoms with Crippen LogP contribution in [0.3, 0.4) is 0 Å². The maximum absolute atomic E-state index is 4.71. The molecule has 0 spiro atoms. The molecular formula is C16H20BrN3. The molecule has 0 atom stereocenters. The quantitative estimate of drug-likeness (QED) is 0.875. The lowest BCUT2D eigenvalue weighted by atomic mass is 10.1. The summed E-state index contributed by atoms with van der Waals surface area (Å²) >= 11 is 3.49. The SMILES string of the molecule is CCNc1cc(C(C)C)nc(-c2ccc(Br)cc2C)n1. The van der Waals surface area contributed by atoms with Gasteiger partial charge in [0.25, 0.3) is 0 Å². The summed E-state index contributed by atoms with van der Waals surface area (Å²) in [6.45, 7) is 9.31. The predicted molar refractivity (Wildman–Crippen MR) is 88.2 cm³/mol. The van der Waals surface area contributed by atoms with Crippen LogP contribution in [0.25, 0.3) is 11.4 Å². The number of anilines is 1. The summed E-state index contributed by atoms with van der Waals surface area (Å²) in [6, 6.07) is 8.22. The third kappa shape index (κ3) is 3.37. The summed E-state index contributed by atoms with van der Waals surface area (Å²) in [5.41, 5.74) is 3.31. The number of aromatic nitrogens is 2. The van der Waals surface area contributed by atoms with Crippen LogP contribution in [-0.4, -0.2) is 16.5 Å². The molecule has 106 valence electrons. The van der Waals surface area contributed by atoms with Gasteiger partial charge in [0.1, 0.15) is 5.82 Å². The molecule has 1 aromatic heterocycles. The van der Waals surface area contributed by atoms with Gasteiger partial charge in [0.2, 0.25) is 0 Å². The summed E-state index contributed by atoms with van der Waals surface area (Å²) < 4.78 is 1.07. The maximum Gasteiger partial charge on any atom is 0.162 e. The number of nitrogens with zero attached hydrogens (tertiary/aromatic N) is 2. The van der Waals surface area contributed by atoms with Gasteiger partial charge in [0, 0.05) is 28.3 Å². The van der Waals surface area contributed by atoms with Crippen molar-refractivity contribution in [2.45, 2.75) is 33.6 Å². The van der Waals surface area contributed by atoms with E-state index in [9.17, 15) is 0 Å². The van der Waals surface area contributed by atoms with Crippen LogP contribution in [0.5, 0.6) is 0 Å². The van der Waals surface area contributed by atoms with Gasteiger partial charge in [-0.15, -0.1) is 0 Å². The molecule has 3 nitrogen and oxygen atoms in total. The standard InChI is InChI=1S/C16H20BrN3/c1-5-18-15-9-14(10(2)3)19-16(20-15)13-7-6-12(17)8-11(13)4/h6-10H,5H2,1-4H3,(H,18,19,20). The minimum Gasteiger partial charge on any atom is -0.370 e. The molecule has 20 heavy (non-hydrogen) atoms. The highest BCUT2D eigenvalue weighted by atomic mass is 79.9. The summed E-state index contributed by atoms with van der Waals surface area (Å²) in [7, 11) is 0. The first-order chi connectivity index (χ1) is 9.51. The second-order valence-electron chi connectivity index (χ2n) is 5.15. The van der Waals surface area contributed by atoms with Gasteiger partial charge >= 0.3 is 0 Å². The van der Waals surface area contributed by atoms with Gasteiger partial charge in [0.15, 0.2) is 5.82 Å². The highest BCUT2D eigenvalue weighted by Crippen LogP contribution is 2.26. The van der Waals surface area contributed by atoms with Crippen LogP contribution in [0.2, 0.25) is 0 Å². The second-order valence-corrected chi connectivity index (χ2v) is 6.06. The molecule has 0 saturated carbocycles. The van der Waals surface area contributed by atoms with Gasteiger partial charge in [-0.3, -0.25) is 0 Å². The Morgan fingerprint density at radius 1 is 1.20 bits per heavy atom. The van der Waals surface area contributed by atoms with Crippen molar-refractivity contribution in [3.8, 4) is 11.4 Å². The molecule has 0 fully saturated rings. The van der Waals surface area contributed by atoms with Crippen LogP contribution in [0.1, 0.15) is 37.9 Å². The van der Waals surface area contributed by atoms with Crippen molar-refractivity contribution in [3.05, 3.63) is 40.0 Å². The Hall–Kier alpha value is -1.42. The van der Waals surface area contributed by atoms with E-state index in [2.05, 4.69) is 66.1 Å². The molecule has 0 aliphatic carbocycles. The van der Waals surface area contributed by atoms with Gasteiger partial charge in [0.05, 0.1) is 0 Å². The normalized spacial score (nSPS) is 10.9. The van der Waals surface area contributed by atoms with Crippen molar-refractivity contribution in [1.29, 1.82) is 0 Å². The topological polar surface area (TPSA) is 37.8 Å². The van der Waals surface area contributed by atoms with Crippen molar-refractivity contribution >= 4 is 21.7 Å². The van der Waals surface area contributed by atoms with Gasteiger partial charge < -0.3 is 5.32 Å². The zero-order valence-corrected chi connectivity index (χ0v) is 14.0. The molecule has 0 saturated heterocycles. The lowest BCUT2D eigenvalue weighted by molar-refractivity contribution is 0.816. The van der Waals surface area contributed by atoms with Crippen LogP contribution in [0.15, 0.2) is 28.7 Å². The van der Waals surface area contributed by atoms with E-state index in [0.717, 1.165) is 33.9 Å². The highest BCUT2D eigenvalue weighted by molar-refractivity contribution is 9.10. The lowest BCUT2D eigenvalue weighted by Crippen LogP contribution is -2.05. The van der Waals surface area contributed by atoms with E-state index in [1.54, 1.807) is 0 Å². The van der Waals surface area contributed by atoms with Crippen LogP contribution >= 0.6 is 15.9 Å². The number of halogens is 1.